The first-order valence-electron chi connectivity index (χ1n) is 5.38. The molecule has 1 aromatic rings. The number of nitrogens with two attached hydrogens (primary N) is 1. The van der Waals surface area contributed by atoms with Crippen molar-refractivity contribution in [3.05, 3.63) is 22.2 Å². The molecule has 0 atom stereocenters. The van der Waals surface area contributed by atoms with E-state index >= 15 is 0 Å². The Hall–Kier alpha value is -1.47. The lowest BCUT2D eigenvalue weighted by molar-refractivity contribution is 0.157. The number of carbonyl (C=O) groups excluding carboxylic acids is 1. The summed E-state index contributed by atoms with van der Waals surface area (Å²) in [7, 11) is 0. The quantitative estimate of drug-likeness (QED) is 0.801. The Labute approximate surface area is 113 Å². The molecule has 6 nitrogen and oxygen atoms in total. The van der Waals surface area contributed by atoms with Gasteiger partial charge in [0.15, 0.2) is 11.5 Å². The number of rotatable bonds is 5. The molecule has 0 fully saturated rings. The van der Waals surface area contributed by atoms with Crippen LogP contribution in [0.5, 0.6) is 11.5 Å². The molecule has 1 amide bonds. The number of ether oxygens (including phenoxy) is 3. The predicted octanol–water partition coefficient (Wildman–Crippen LogP) is 1.36. The number of amides is 1. The zero-order valence-corrected chi connectivity index (χ0v) is 11.2. The van der Waals surface area contributed by atoms with Gasteiger partial charge in [-0.2, -0.15) is 0 Å². The highest BCUT2D eigenvalue weighted by molar-refractivity contribution is 9.10. The van der Waals surface area contributed by atoms with Crippen LogP contribution in [-0.4, -0.2) is 26.0 Å². The van der Waals surface area contributed by atoms with Crippen LogP contribution < -0.4 is 20.5 Å². The summed E-state index contributed by atoms with van der Waals surface area (Å²) in [6.45, 7) is 1.67. The smallest absolute Gasteiger partial charge is 0.404 e. The van der Waals surface area contributed by atoms with Crippen molar-refractivity contribution in [1.29, 1.82) is 0 Å². The summed E-state index contributed by atoms with van der Waals surface area (Å²) in [5, 5.41) is 3.13. The molecule has 2 rings (SSSR count). The van der Waals surface area contributed by atoms with Crippen LogP contribution in [0.2, 0.25) is 0 Å². The molecule has 0 bridgehead atoms. The van der Waals surface area contributed by atoms with Gasteiger partial charge in [-0.3, -0.25) is 0 Å². The van der Waals surface area contributed by atoms with E-state index < -0.39 is 6.09 Å². The summed E-state index contributed by atoms with van der Waals surface area (Å²) in [5.74, 6) is 1.46. The molecule has 0 radical (unpaired) electrons. The van der Waals surface area contributed by atoms with Crippen LogP contribution in [0.3, 0.4) is 0 Å². The molecule has 0 spiro atoms. The highest BCUT2D eigenvalue weighted by Gasteiger charge is 2.17. The maximum atomic E-state index is 10.3. The molecule has 0 aromatic heterocycles. The Kier molecular flexibility index (Phi) is 4.27. The fraction of sp³-hybridized carbons (Fsp3) is 0.364. The van der Waals surface area contributed by atoms with E-state index in [9.17, 15) is 4.79 Å². The molecular weight excluding hydrogens is 304 g/mol. The lowest BCUT2D eigenvalue weighted by Crippen LogP contribution is -2.23. The van der Waals surface area contributed by atoms with E-state index in [1.807, 2.05) is 12.1 Å². The van der Waals surface area contributed by atoms with Gasteiger partial charge in [-0.05, 0) is 33.6 Å². The van der Waals surface area contributed by atoms with Gasteiger partial charge in [0, 0.05) is 13.1 Å². The second-order valence-electron chi connectivity index (χ2n) is 3.66. The molecule has 1 aromatic carbocycles. The second kappa shape index (κ2) is 5.92. The van der Waals surface area contributed by atoms with Crippen molar-refractivity contribution in [3.8, 4) is 11.5 Å². The van der Waals surface area contributed by atoms with E-state index in [2.05, 4.69) is 26.0 Å². The molecule has 0 aliphatic carbocycles. The van der Waals surface area contributed by atoms with Gasteiger partial charge in [0.25, 0.3) is 0 Å². The SMILES string of the molecule is NC(=O)OCCNCc1cc(Br)c2c(c1)OCO2. The first kappa shape index (κ1) is 13.0. The second-order valence-corrected chi connectivity index (χ2v) is 4.51. The van der Waals surface area contributed by atoms with Crippen LogP contribution >= 0.6 is 15.9 Å². The van der Waals surface area contributed by atoms with E-state index in [0.717, 1.165) is 21.5 Å². The minimum Gasteiger partial charge on any atom is -0.454 e. The molecule has 18 heavy (non-hydrogen) atoms. The molecule has 3 N–H and O–H groups in total. The van der Waals surface area contributed by atoms with Gasteiger partial charge in [-0.15, -0.1) is 0 Å². The topological polar surface area (TPSA) is 82.8 Å². The number of halogens is 1. The standard InChI is InChI=1S/C11H13BrN2O4/c12-8-3-7(4-9-10(8)18-6-17-9)5-14-1-2-16-11(13)15/h3-4,14H,1-2,5-6H2,(H2,13,15). The molecule has 1 aliphatic rings. The average Bonchev–Trinajstić information content (AvgIpc) is 2.77. The van der Waals surface area contributed by atoms with Crippen molar-refractivity contribution in [2.24, 2.45) is 5.73 Å². The van der Waals surface area contributed by atoms with E-state index in [-0.39, 0.29) is 13.4 Å². The van der Waals surface area contributed by atoms with E-state index in [4.69, 9.17) is 15.2 Å². The molecule has 0 saturated carbocycles. The van der Waals surface area contributed by atoms with Crippen LogP contribution in [0, 0.1) is 0 Å². The van der Waals surface area contributed by atoms with Crippen LogP contribution in [0.25, 0.3) is 0 Å². The summed E-state index contributed by atoms with van der Waals surface area (Å²) >= 11 is 3.42. The molecule has 0 saturated heterocycles. The van der Waals surface area contributed by atoms with Gasteiger partial charge in [0.1, 0.15) is 6.61 Å². The Morgan fingerprint density at radius 1 is 1.50 bits per heavy atom. The number of carbonyl (C=O) groups is 1. The molecule has 0 unspecified atom stereocenters. The van der Waals surface area contributed by atoms with Gasteiger partial charge in [0.2, 0.25) is 6.79 Å². The fourth-order valence-corrected chi connectivity index (χ4v) is 2.18. The third-order valence-corrected chi connectivity index (χ3v) is 2.93. The summed E-state index contributed by atoms with van der Waals surface area (Å²) in [4.78, 5) is 10.3. The van der Waals surface area contributed by atoms with Gasteiger partial charge < -0.3 is 25.3 Å². The summed E-state index contributed by atoms with van der Waals surface area (Å²) < 4.78 is 16.1. The molecule has 7 heteroatoms. The van der Waals surface area contributed by atoms with Gasteiger partial charge in [-0.25, -0.2) is 4.79 Å². The monoisotopic (exact) mass is 316 g/mol. The maximum Gasteiger partial charge on any atom is 0.404 e. The van der Waals surface area contributed by atoms with Gasteiger partial charge in [-0.1, -0.05) is 0 Å². The van der Waals surface area contributed by atoms with Gasteiger partial charge >= 0.3 is 6.09 Å². The third-order valence-electron chi connectivity index (χ3n) is 2.34. The van der Waals surface area contributed by atoms with Crippen LogP contribution in [0.4, 0.5) is 4.79 Å². The van der Waals surface area contributed by atoms with Crippen molar-refractivity contribution >= 4 is 22.0 Å². The molecule has 98 valence electrons. The molecular formula is C11H13BrN2O4. The highest BCUT2D eigenvalue weighted by Crippen LogP contribution is 2.39. The lowest BCUT2D eigenvalue weighted by atomic mass is 10.2. The maximum absolute atomic E-state index is 10.3. The molecule has 1 aliphatic heterocycles. The first-order chi connectivity index (χ1) is 8.66. The summed E-state index contributed by atoms with van der Waals surface area (Å²) in [6, 6.07) is 3.87. The minimum absolute atomic E-state index is 0.247. The first-order valence-corrected chi connectivity index (χ1v) is 6.17. The van der Waals surface area contributed by atoms with E-state index in [0.29, 0.717) is 13.1 Å². The van der Waals surface area contributed by atoms with Crippen LogP contribution in [-0.2, 0) is 11.3 Å². The zero-order chi connectivity index (χ0) is 13.0. The number of fused-ring (bicyclic) bond motifs is 1. The molecule has 1 heterocycles. The van der Waals surface area contributed by atoms with Crippen LogP contribution in [0.1, 0.15) is 5.56 Å². The Balaban J connectivity index is 1.83. The van der Waals surface area contributed by atoms with Crippen molar-refractivity contribution in [3.63, 3.8) is 0 Å². The summed E-state index contributed by atoms with van der Waals surface area (Å²) in [5.41, 5.74) is 5.89. The normalized spacial score (nSPS) is 12.5. The lowest BCUT2D eigenvalue weighted by Gasteiger charge is -2.07. The average molecular weight is 317 g/mol. The predicted molar refractivity (Wildman–Crippen MR) is 67.5 cm³/mol. The Bertz CT molecular complexity index is 453. The highest BCUT2D eigenvalue weighted by atomic mass is 79.9. The number of nitrogens with one attached hydrogen (secondary N) is 1. The van der Waals surface area contributed by atoms with E-state index in [1.54, 1.807) is 0 Å². The largest absolute Gasteiger partial charge is 0.454 e. The van der Waals surface area contributed by atoms with Crippen LogP contribution in [0.15, 0.2) is 16.6 Å². The number of hydrogen-bond donors (Lipinski definition) is 2. The Morgan fingerprint density at radius 2 is 2.33 bits per heavy atom. The van der Waals surface area contributed by atoms with Crippen molar-refractivity contribution in [2.75, 3.05) is 19.9 Å². The van der Waals surface area contributed by atoms with Crippen molar-refractivity contribution in [1.82, 2.24) is 5.32 Å². The zero-order valence-electron chi connectivity index (χ0n) is 9.57. The number of benzene rings is 1. The number of primary amides is 1. The minimum atomic E-state index is -0.761. The Morgan fingerprint density at radius 3 is 3.11 bits per heavy atom. The summed E-state index contributed by atoms with van der Waals surface area (Å²) in [6.07, 6.45) is -0.761. The van der Waals surface area contributed by atoms with E-state index in [1.165, 1.54) is 0 Å². The van der Waals surface area contributed by atoms with Crippen molar-refractivity contribution in [2.45, 2.75) is 6.54 Å². The third kappa shape index (κ3) is 3.27. The van der Waals surface area contributed by atoms with Gasteiger partial charge in [0.05, 0.1) is 4.47 Å². The number of hydrogen-bond acceptors (Lipinski definition) is 5. The fourth-order valence-electron chi connectivity index (χ4n) is 1.58. The van der Waals surface area contributed by atoms with Crippen molar-refractivity contribution < 1.29 is 19.0 Å².